The number of rotatable bonds is 2. The third kappa shape index (κ3) is 2.01. The molecule has 2 rings (SSSR count). The van der Waals surface area contributed by atoms with Gasteiger partial charge in [-0.25, -0.2) is 4.98 Å². The maximum absolute atomic E-state index is 13.5. The van der Waals surface area contributed by atoms with E-state index < -0.39 is 11.5 Å². The highest BCUT2D eigenvalue weighted by Crippen LogP contribution is 2.40. The van der Waals surface area contributed by atoms with Gasteiger partial charge in [0.25, 0.3) is 0 Å². The molecule has 82 valence electrons. The van der Waals surface area contributed by atoms with E-state index in [4.69, 9.17) is 0 Å². The lowest BCUT2D eigenvalue weighted by Gasteiger charge is -2.22. The van der Waals surface area contributed by atoms with E-state index in [0.29, 0.717) is 18.4 Å². The van der Waals surface area contributed by atoms with Crippen molar-refractivity contribution >= 4 is 11.8 Å². The number of hydrogen-bond donors (Lipinski definition) is 1. The van der Waals surface area contributed by atoms with Gasteiger partial charge in [0.1, 0.15) is 0 Å². The summed E-state index contributed by atoms with van der Waals surface area (Å²) in [4.78, 5) is 4.59. The van der Waals surface area contributed by atoms with Gasteiger partial charge < -0.3 is 5.11 Å². The molecular weight excluding hydrogens is 213 g/mol. The summed E-state index contributed by atoms with van der Waals surface area (Å²) in [6, 6.07) is 1.72. The number of hydrogen-bond acceptors (Lipinski definition) is 3. The molecule has 1 aliphatic carbocycles. The van der Waals surface area contributed by atoms with Crippen molar-refractivity contribution in [1.82, 2.24) is 4.98 Å². The van der Waals surface area contributed by atoms with Gasteiger partial charge in [-0.2, -0.15) is 4.39 Å². The molecule has 1 aromatic heterocycles. The predicted octanol–water partition coefficient (Wildman–Crippen LogP) is 2.70. The summed E-state index contributed by atoms with van der Waals surface area (Å²) in [6.07, 6.45) is 6.62. The molecule has 1 N–H and O–H groups in total. The normalized spacial score (nSPS) is 19.4. The zero-order valence-electron chi connectivity index (χ0n) is 8.66. The van der Waals surface area contributed by atoms with Crippen LogP contribution in [0.4, 0.5) is 4.39 Å². The van der Waals surface area contributed by atoms with Crippen LogP contribution in [0, 0.1) is 5.95 Å². The Morgan fingerprint density at radius 1 is 1.47 bits per heavy atom. The summed E-state index contributed by atoms with van der Waals surface area (Å²) < 4.78 is 13.5. The van der Waals surface area contributed by atoms with Gasteiger partial charge in [-0.05, 0) is 25.2 Å². The Hall–Kier alpha value is -0.610. The lowest BCUT2D eigenvalue weighted by Crippen LogP contribution is -2.23. The molecule has 0 aliphatic heterocycles. The van der Waals surface area contributed by atoms with Crippen LogP contribution in [0.1, 0.15) is 31.2 Å². The monoisotopic (exact) mass is 227 g/mol. The Balaban J connectivity index is 2.41. The molecule has 0 aromatic carbocycles. The average molecular weight is 227 g/mol. The van der Waals surface area contributed by atoms with E-state index >= 15 is 0 Å². The van der Waals surface area contributed by atoms with E-state index in [9.17, 15) is 9.50 Å². The Labute approximate surface area is 92.9 Å². The summed E-state index contributed by atoms with van der Waals surface area (Å²) in [5.74, 6) is -0.530. The Morgan fingerprint density at radius 3 is 2.73 bits per heavy atom. The van der Waals surface area contributed by atoms with Crippen LogP contribution in [0.5, 0.6) is 0 Å². The van der Waals surface area contributed by atoms with Crippen LogP contribution >= 0.6 is 11.8 Å². The summed E-state index contributed by atoms with van der Waals surface area (Å²) in [6.45, 7) is 0. The second-order valence-corrected chi connectivity index (χ2v) is 4.83. The van der Waals surface area contributed by atoms with Gasteiger partial charge in [-0.15, -0.1) is 11.8 Å². The van der Waals surface area contributed by atoms with Crippen LogP contribution in [0.15, 0.2) is 17.2 Å². The summed E-state index contributed by atoms with van der Waals surface area (Å²) in [7, 11) is 0. The van der Waals surface area contributed by atoms with Gasteiger partial charge >= 0.3 is 0 Å². The molecule has 1 fully saturated rings. The van der Waals surface area contributed by atoms with Crippen LogP contribution in [0.2, 0.25) is 0 Å². The van der Waals surface area contributed by atoms with Crippen molar-refractivity contribution in [3.05, 3.63) is 23.8 Å². The van der Waals surface area contributed by atoms with Crippen molar-refractivity contribution in [2.75, 3.05) is 6.26 Å². The van der Waals surface area contributed by atoms with Crippen LogP contribution in [-0.4, -0.2) is 16.3 Å². The minimum Gasteiger partial charge on any atom is -0.385 e. The third-order valence-corrected chi connectivity index (χ3v) is 3.68. The predicted molar refractivity (Wildman–Crippen MR) is 58.3 cm³/mol. The first kappa shape index (κ1) is 10.9. The zero-order valence-corrected chi connectivity index (χ0v) is 9.48. The van der Waals surface area contributed by atoms with Crippen molar-refractivity contribution in [2.45, 2.75) is 36.2 Å². The Kier molecular flexibility index (Phi) is 2.98. The standard InChI is InChI=1S/C11H14FNOS/c1-15-8-6-9(10(12)13-7-8)11(14)4-2-3-5-11/h6-7,14H,2-5H2,1H3. The topological polar surface area (TPSA) is 33.1 Å². The lowest BCUT2D eigenvalue weighted by atomic mass is 9.93. The maximum Gasteiger partial charge on any atom is 0.219 e. The fourth-order valence-corrected chi connectivity index (χ4v) is 2.49. The molecule has 1 aliphatic rings. The molecule has 0 radical (unpaired) electrons. The van der Waals surface area contributed by atoms with Crippen molar-refractivity contribution in [2.24, 2.45) is 0 Å². The number of nitrogens with zero attached hydrogens (tertiary/aromatic N) is 1. The second kappa shape index (κ2) is 4.10. The largest absolute Gasteiger partial charge is 0.385 e. The average Bonchev–Trinajstić information content (AvgIpc) is 2.67. The summed E-state index contributed by atoms with van der Waals surface area (Å²) in [5.41, 5.74) is -0.616. The molecule has 2 nitrogen and oxygen atoms in total. The van der Waals surface area contributed by atoms with E-state index in [1.165, 1.54) is 18.0 Å². The quantitative estimate of drug-likeness (QED) is 0.623. The van der Waals surface area contributed by atoms with E-state index in [1.807, 2.05) is 6.26 Å². The van der Waals surface area contributed by atoms with E-state index in [2.05, 4.69) is 4.98 Å². The molecular formula is C11H14FNOS. The zero-order chi connectivity index (χ0) is 10.9. The number of halogens is 1. The van der Waals surface area contributed by atoms with E-state index in [-0.39, 0.29) is 0 Å². The van der Waals surface area contributed by atoms with Gasteiger partial charge in [-0.3, -0.25) is 0 Å². The van der Waals surface area contributed by atoms with Crippen LogP contribution in [0.25, 0.3) is 0 Å². The molecule has 1 heterocycles. The first-order chi connectivity index (χ1) is 7.15. The van der Waals surface area contributed by atoms with Crippen molar-refractivity contribution in [3.8, 4) is 0 Å². The molecule has 1 saturated carbocycles. The van der Waals surface area contributed by atoms with Gasteiger partial charge in [0.15, 0.2) is 0 Å². The summed E-state index contributed by atoms with van der Waals surface area (Å²) >= 11 is 1.51. The Morgan fingerprint density at radius 2 is 2.13 bits per heavy atom. The minimum atomic E-state index is -0.983. The van der Waals surface area contributed by atoms with Gasteiger partial charge in [0, 0.05) is 16.7 Å². The summed E-state index contributed by atoms with van der Waals surface area (Å²) in [5, 5.41) is 10.3. The molecule has 0 amide bonds. The highest BCUT2D eigenvalue weighted by Gasteiger charge is 2.36. The van der Waals surface area contributed by atoms with Crippen LogP contribution < -0.4 is 0 Å². The molecule has 0 unspecified atom stereocenters. The van der Waals surface area contributed by atoms with Gasteiger partial charge in [0.2, 0.25) is 5.95 Å². The second-order valence-electron chi connectivity index (χ2n) is 3.95. The SMILES string of the molecule is CSc1cnc(F)c(C2(O)CCCC2)c1. The fraction of sp³-hybridized carbons (Fsp3) is 0.545. The first-order valence-electron chi connectivity index (χ1n) is 5.08. The van der Waals surface area contributed by atoms with Crippen molar-refractivity contribution in [3.63, 3.8) is 0 Å². The van der Waals surface area contributed by atoms with Gasteiger partial charge in [-0.1, -0.05) is 12.8 Å². The lowest BCUT2D eigenvalue weighted by molar-refractivity contribution is 0.0397. The molecule has 0 atom stereocenters. The smallest absolute Gasteiger partial charge is 0.219 e. The minimum absolute atomic E-state index is 0.367. The molecule has 4 heteroatoms. The Bertz CT molecular complexity index is 364. The first-order valence-corrected chi connectivity index (χ1v) is 6.30. The highest BCUT2D eigenvalue weighted by atomic mass is 32.2. The number of thioether (sulfide) groups is 1. The molecule has 1 aromatic rings. The number of aromatic nitrogens is 1. The molecule has 0 bridgehead atoms. The fourth-order valence-electron chi connectivity index (χ4n) is 2.10. The number of aliphatic hydroxyl groups is 1. The highest BCUT2D eigenvalue weighted by molar-refractivity contribution is 7.98. The van der Waals surface area contributed by atoms with Crippen LogP contribution in [-0.2, 0) is 5.60 Å². The number of pyridine rings is 1. The molecule has 0 saturated heterocycles. The van der Waals surface area contributed by atoms with Gasteiger partial charge in [0.05, 0.1) is 5.60 Å². The van der Waals surface area contributed by atoms with E-state index in [1.54, 1.807) is 6.07 Å². The van der Waals surface area contributed by atoms with Crippen molar-refractivity contribution < 1.29 is 9.50 Å². The third-order valence-electron chi connectivity index (χ3n) is 2.98. The molecule has 15 heavy (non-hydrogen) atoms. The van der Waals surface area contributed by atoms with E-state index in [0.717, 1.165) is 17.7 Å². The van der Waals surface area contributed by atoms with Crippen LogP contribution in [0.3, 0.4) is 0 Å². The maximum atomic E-state index is 13.5. The van der Waals surface area contributed by atoms with Crippen molar-refractivity contribution in [1.29, 1.82) is 0 Å². The molecule has 0 spiro atoms.